The summed E-state index contributed by atoms with van der Waals surface area (Å²) in [5, 5.41) is 2.65. The minimum Gasteiger partial charge on any atom is -0.310 e. The van der Waals surface area contributed by atoms with Crippen molar-refractivity contribution in [2.75, 3.05) is 4.90 Å². The Morgan fingerprint density at radius 3 is 1.94 bits per heavy atom. The molecule has 1 nitrogen and oxygen atoms in total. The maximum Gasteiger partial charge on any atom is 0.0554 e. The van der Waals surface area contributed by atoms with E-state index in [0.29, 0.717) is 0 Å². The predicted molar refractivity (Wildman–Crippen MR) is 203 cm³/mol. The molecule has 7 aromatic rings. The van der Waals surface area contributed by atoms with Crippen molar-refractivity contribution in [1.82, 2.24) is 0 Å². The molecule has 0 radical (unpaired) electrons. The zero-order valence-electron chi connectivity index (χ0n) is 27.0. The summed E-state index contributed by atoms with van der Waals surface area (Å²) < 4.78 is 2.65. The fourth-order valence-corrected chi connectivity index (χ4v) is 12.3. The molecular weight excluding hydrogens is 599 g/mol. The van der Waals surface area contributed by atoms with Crippen LogP contribution >= 0.6 is 11.3 Å². The van der Waals surface area contributed by atoms with Crippen LogP contribution in [0.25, 0.3) is 42.4 Å². The van der Waals surface area contributed by atoms with Crippen molar-refractivity contribution < 1.29 is 0 Å². The number of hydrogen-bond donors (Lipinski definition) is 0. The minimum absolute atomic E-state index is 0.196. The minimum atomic E-state index is 0.196. The van der Waals surface area contributed by atoms with Gasteiger partial charge in [0.15, 0.2) is 0 Å². The van der Waals surface area contributed by atoms with E-state index in [2.05, 4.69) is 144 Å². The second kappa shape index (κ2) is 10.2. The molecule has 0 amide bonds. The standard InChI is InChI=1S/C46H37NS/c1-2-10-34(11-3-1)47(41-17-9-19-43-45(41)38-13-5-7-18-42(38)48-43)35-22-20-31(21-23-35)36-14-8-16-40-44(36)37-12-4-6-15-39(37)46(40)32-25-29-24-30(27-32)28-33(46)26-29/h1-23,29-30,32-33H,24-28H2. The molecule has 1 heterocycles. The lowest BCUT2D eigenvalue weighted by atomic mass is 9.43. The monoisotopic (exact) mass is 635 g/mol. The fourth-order valence-electron chi connectivity index (χ4n) is 11.2. The number of para-hydroxylation sites is 1. The number of fused-ring (bicyclic) bond motifs is 6. The molecule has 5 aliphatic rings. The zero-order valence-corrected chi connectivity index (χ0v) is 27.8. The molecule has 0 unspecified atom stereocenters. The number of benzene rings is 6. The van der Waals surface area contributed by atoms with Crippen LogP contribution in [-0.2, 0) is 5.41 Å². The summed E-state index contributed by atoms with van der Waals surface area (Å²) in [6.45, 7) is 0. The normalized spacial score (nSPS) is 24.8. The topological polar surface area (TPSA) is 3.24 Å². The van der Waals surface area contributed by atoms with Gasteiger partial charge in [-0.2, -0.15) is 0 Å². The smallest absolute Gasteiger partial charge is 0.0554 e. The molecule has 12 rings (SSSR count). The second-order valence-electron chi connectivity index (χ2n) is 14.9. The molecule has 2 heteroatoms. The van der Waals surface area contributed by atoms with Crippen LogP contribution in [0.5, 0.6) is 0 Å². The van der Waals surface area contributed by atoms with E-state index >= 15 is 0 Å². The highest BCUT2D eigenvalue weighted by Gasteiger charge is 2.61. The van der Waals surface area contributed by atoms with E-state index in [-0.39, 0.29) is 5.41 Å². The average Bonchev–Trinajstić information content (AvgIpc) is 3.66. The molecule has 4 fully saturated rings. The van der Waals surface area contributed by atoms with E-state index < -0.39 is 0 Å². The number of rotatable bonds is 4. The maximum atomic E-state index is 2.51. The van der Waals surface area contributed by atoms with Crippen molar-refractivity contribution in [3.63, 3.8) is 0 Å². The summed E-state index contributed by atoms with van der Waals surface area (Å²) >= 11 is 1.88. The van der Waals surface area contributed by atoms with Gasteiger partial charge in [-0.25, -0.2) is 0 Å². The van der Waals surface area contributed by atoms with Gasteiger partial charge in [-0.1, -0.05) is 97.1 Å². The molecule has 0 aliphatic heterocycles. The lowest BCUT2D eigenvalue weighted by molar-refractivity contribution is -0.0399. The Bertz CT molecular complexity index is 2340. The summed E-state index contributed by atoms with van der Waals surface area (Å²) in [7, 11) is 0. The van der Waals surface area contributed by atoms with Gasteiger partial charge >= 0.3 is 0 Å². The number of thiophene rings is 1. The van der Waals surface area contributed by atoms with Gasteiger partial charge < -0.3 is 4.90 Å². The zero-order chi connectivity index (χ0) is 31.4. The Hall–Kier alpha value is -4.66. The van der Waals surface area contributed by atoms with Crippen LogP contribution in [-0.4, -0.2) is 0 Å². The van der Waals surface area contributed by atoms with Crippen LogP contribution in [0.4, 0.5) is 17.1 Å². The highest BCUT2D eigenvalue weighted by molar-refractivity contribution is 7.26. The van der Waals surface area contributed by atoms with E-state index in [1.165, 1.54) is 91.6 Å². The molecule has 232 valence electrons. The van der Waals surface area contributed by atoms with Crippen LogP contribution in [0.15, 0.2) is 140 Å². The van der Waals surface area contributed by atoms with E-state index in [1.54, 1.807) is 11.1 Å². The van der Waals surface area contributed by atoms with Crippen molar-refractivity contribution in [1.29, 1.82) is 0 Å². The lowest BCUT2D eigenvalue weighted by Gasteiger charge is -2.61. The Morgan fingerprint density at radius 1 is 0.500 bits per heavy atom. The van der Waals surface area contributed by atoms with Crippen LogP contribution in [0.2, 0.25) is 0 Å². The van der Waals surface area contributed by atoms with E-state index in [4.69, 9.17) is 0 Å². The Morgan fingerprint density at radius 2 is 1.12 bits per heavy atom. The first-order chi connectivity index (χ1) is 23.8. The quantitative estimate of drug-likeness (QED) is 0.186. The molecular formula is C46H37NS. The van der Waals surface area contributed by atoms with Crippen molar-refractivity contribution in [2.45, 2.75) is 37.5 Å². The van der Waals surface area contributed by atoms with Gasteiger partial charge in [-0.15, -0.1) is 11.3 Å². The molecule has 0 saturated heterocycles. The third-order valence-corrected chi connectivity index (χ3v) is 13.8. The lowest BCUT2D eigenvalue weighted by Crippen LogP contribution is -2.55. The summed E-state index contributed by atoms with van der Waals surface area (Å²) in [5.41, 5.74) is 12.7. The highest BCUT2D eigenvalue weighted by Crippen LogP contribution is 2.70. The Kier molecular flexibility index (Phi) is 5.79. The van der Waals surface area contributed by atoms with Gasteiger partial charge in [0.25, 0.3) is 0 Å². The molecule has 0 atom stereocenters. The number of anilines is 3. The SMILES string of the molecule is c1ccc(N(c2ccc(-c3cccc4c3-c3ccccc3C43C4CC5CC(C4)CC3C5)cc2)c2cccc3sc4ccccc4c23)cc1. The summed E-state index contributed by atoms with van der Waals surface area (Å²) in [6, 6.07) is 52.6. The molecule has 48 heavy (non-hydrogen) atoms. The van der Waals surface area contributed by atoms with Crippen molar-refractivity contribution >= 4 is 48.6 Å². The second-order valence-corrected chi connectivity index (χ2v) is 16.0. The van der Waals surface area contributed by atoms with Crippen LogP contribution in [0, 0.1) is 23.7 Å². The molecule has 0 N–H and O–H groups in total. The first-order valence-corrected chi connectivity index (χ1v) is 18.7. The first-order valence-electron chi connectivity index (χ1n) is 17.9. The van der Waals surface area contributed by atoms with Gasteiger partial charge in [-0.3, -0.25) is 0 Å². The van der Waals surface area contributed by atoms with E-state index in [0.717, 1.165) is 23.7 Å². The first kappa shape index (κ1) is 27.3. The van der Waals surface area contributed by atoms with Crippen molar-refractivity contribution in [3.8, 4) is 22.3 Å². The Labute approximate surface area is 286 Å². The van der Waals surface area contributed by atoms with Crippen molar-refractivity contribution in [3.05, 3.63) is 151 Å². The predicted octanol–water partition coefficient (Wildman–Crippen LogP) is 12.9. The number of nitrogens with zero attached hydrogens (tertiary/aromatic N) is 1. The van der Waals surface area contributed by atoms with Gasteiger partial charge in [0, 0.05) is 37.0 Å². The molecule has 4 bridgehead atoms. The maximum absolute atomic E-state index is 2.51. The third kappa shape index (κ3) is 3.67. The number of hydrogen-bond acceptors (Lipinski definition) is 2. The van der Waals surface area contributed by atoms with Crippen LogP contribution < -0.4 is 4.90 Å². The fraction of sp³-hybridized carbons (Fsp3) is 0.217. The van der Waals surface area contributed by atoms with Gasteiger partial charge in [0.05, 0.1) is 5.69 Å². The summed E-state index contributed by atoms with van der Waals surface area (Å²) in [5.74, 6) is 3.47. The van der Waals surface area contributed by atoms with Crippen LogP contribution in [0.1, 0.15) is 43.2 Å². The summed E-state index contributed by atoms with van der Waals surface area (Å²) in [6.07, 6.45) is 7.16. The van der Waals surface area contributed by atoms with Crippen LogP contribution in [0.3, 0.4) is 0 Å². The van der Waals surface area contributed by atoms with E-state index in [9.17, 15) is 0 Å². The average molecular weight is 636 g/mol. The van der Waals surface area contributed by atoms with E-state index in [1.807, 2.05) is 11.3 Å². The highest BCUT2D eigenvalue weighted by atomic mass is 32.1. The summed E-state index contributed by atoms with van der Waals surface area (Å²) in [4.78, 5) is 2.44. The largest absolute Gasteiger partial charge is 0.310 e. The molecule has 1 spiro atoms. The Balaban J connectivity index is 1.07. The molecule has 4 saturated carbocycles. The van der Waals surface area contributed by atoms with Crippen molar-refractivity contribution in [2.24, 2.45) is 23.7 Å². The molecule has 6 aromatic carbocycles. The molecule has 1 aromatic heterocycles. The van der Waals surface area contributed by atoms with Gasteiger partial charge in [0.1, 0.15) is 0 Å². The van der Waals surface area contributed by atoms with Gasteiger partial charge in [-0.05, 0) is 132 Å². The van der Waals surface area contributed by atoms with Gasteiger partial charge in [0.2, 0.25) is 0 Å². The third-order valence-electron chi connectivity index (χ3n) is 12.7. The molecule has 5 aliphatic carbocycles.